The van der Waals surface area contributed by atoms with Crippen LogP contribution in [0.4, 0.5) is 0 Å². The average Bonchev–Trinajstić information content (AvgIpc) is 3.78. The second kappa shape index (κ2) is 19.5. The van der Waals surface area contributed by atoms with Crippen molar-refractivity contribution in [1.82, 2.24) is 4.90 Å². The fourth-order valence-electron chi connectivity index (χ4n) is 10.4. The smallest absolute Gasteiger partial charge is 0.239 e. The standard InChI is InChI=1S/C49H62N2O7/c1-4-30-56-49-45(51(2)46(54)27-20-34-14-8-9-15-34)33-43(50-55-3)41-31-37(18-10-12-28-52)40(19-11-13-29-53)47(48(41)49)42-32-39(25-26-44(42)58-49)57-38-23-21-36(22-24-38)35-16-6-5-7-17-35/h4-7,16-17,21-26,31-32,34,37,40,45,47-48,52-53H,1,8-15,18-20,27-30,33H2,2-3H3/t37-,40+,45-,47+,48+,49+/m0/s1. The Balaban J connectivity index is 1.33. The van der Waals surface area contributed by atoms with E-state index in [1.165, 1.54) is 25.7 Å². The highest BCUT2D eigenvalue weighted by Gasteiger charge is 2.65. The molecule has 3 aromatic rings. The van der Waals surface area contributed by atoms with Crippen molar-refractivity contribution in [3.63, 3.8) is 0 Å². The minimum absolute atomic E-state index is 0.0767. The zero-order valence-electron chi connectivity index (χ0n) is 34.4. The van der Waals surface area contributed by atoms with E-state index < -0.39 is 11.8 Å². The lowest BCUT2D eigenvalue weighted by molar-refractivity contribution is -0.255. The number of ether oxygens (including phenoxy) is 3. The van der Waals surface area contributed by atoms with Gasteiger partial charge in [0.15, 0.2) is 0 Å². The van der Waals surface area contributed by atoms with Gasteiger partial charge in [-0.1, -0.05) is 98.3 Å². The minimum atomic E-state index is -1.25. The summed E-state index contributed by atoms with van der Waals surface area (Å²) in [5, 5.41) is 24.4. The number of hydrogen-bond donors (Lipinski definition) is 2. The number of rotatable bonds is 19. The lowest BCUT2D eigenvalue weighted by Gasteiger charge is -2.59. The molecule has 2 N–H and O–H groups in total. The molecule has 7 rings (SSSR count). The molecule has 1 heterocycles. The fraction of sp³-hybridized carbons (Fsp3) is 0.510. The first-order chi connectivity index (χ1) is 28.4. The molecule has 1 aliphatic heterocycles. The molecule has 6 atom stereocenters. The van der Waals surface area contributed by atoms with Crippen LogP contribution in [0.15, 0.2) is 102 Å². The highest BCUT2D eigenvalue weighted by molar-refractivity contribution is 6.03. The SMILES string of the molecule is C=CCO[C@@]12Oc3ccc(Oc4ccc(-c5ccccc5)cc4)cc3[C@H]3[C@H](CCCCO)[C@@H](CCCCO)C=C(C(=NOC)C[C@@H]1N(C)C(=O)CCC1CCCC1)[C@H]32. The van der Waals surface area contributed by atoms with Gasteiger partial charge in [-0.2, -0.15) is 0 Å². The van der Waals surface area contributed by atoms with E-state index in [2.05, 4.69) is 48.1 Å². The normalized spacial score (nSPS) is 25.6. The van der Waals surface area contributed by atoms with E-state index in [4.69, 9.17) is 19.0 Å². The Labute approximate surface area is 344 Å². The number of unbranched alkanes of at least 4 members (excludes halogenated alkanes) is 2. The Morgan fingerprint density at radius 1 is 0.931 bits per heavy atom. The zero-order valence-corrected chi connectivity index (χ0v) is 34.4. The number of carbonyl (C=O) groups excluding carboxylic acids is 1. The summed E-state index contributed by atoms with van der Waals surface area (Å²) in [6.07, 6.45) is 15.7. The second-order valence-corrected chi connectivity index (χ2v) is 16.6. The number of hydrogen-bond acceptors (Lipinski definition) is 8. The van der Waals surface area contributed by atoms with Gasteiger partial charge in [0.05, 0.1) is 18.2 Å². The molecule has 9 nitrogen and oxygen atoms in total. The Morgan fingerprint density at radius 3 is 2.34 bits per heavy atom. The summed E-state index contributed by atoms with van der Waals surface area (Å²) in [7, 11) is 3.47. The number of aliphatic hydroxyl groups is 2. The van der Waals surface area contributed by atoms with Crippen LogP contribution in [0.3, 0.4) is 0 Å². The molecule has 58 heavy (non-hydrogen) atoms. The average molecular weight is 791 g/mol. The van der Waals surface area contributed by atoms with Crippen molar-refractivity contribution < 1.29 is 34.1 Å². The van der Waals surface area contributed by atoms with Crippen LogP contribution in [0.25, 0.3) is 11.1 Å². The first kappa shape index (κ1) is 41.7. The summed E-state index contributed by atoms with van der Waals surface area (Å²) >= 11 is 0. The number of carbonyl (C=O) groups is 1. The van der Waals surface area contributed by atoms with E-state index >= 15 is 0 Å². The Hall–Kier alpha value is -4.44. The van der Waals surface area contributed by atoms with Gasteiger partial charge in [-0.3, -0.25) is 4.79 Å². The van der Waals surface area contributed by atoms with Gasteiger partial charge in [0.2, 0.25) is 11.7 Å². The van der Waals surface area contributed by atoms with E-state index in [1.54, 1.807) is 13.2 Å². The molecular formula is C49H62N2O7. The van der Waals surface area contributed by atoms with Crippen LogP contribution < -0.4 is 9.47 Å². The quantitative estimate of drug-likeness (QED) is 0.0707. The topological polar surface area (TPSA) is 110 Å². The van der Waals surface area contributed by atoms with Crippen molar-refractivity contribution in [2.24, 2.45) is 28.8 Å². The predicted molar refractivity (Wildman–Crippen MR) is 228 cm³/mol. The molecule has 0 unspecified atom stereocenters. The van der Waals surface area contributed by atoms with Crippen LogP contribution in [-0.2, 0) is 14.4 Å². The van der Waals surface area contributed by atoms with E-state index in [9.17, 15) is 15.0 Å². The fourth-order valence-corrected chi connectivity index (χ4v) is 10.4. The van der Waals surface area contributed by atoms with Gasteiger partial charge < -0.3 is 34.2 Å². The molecule has 9 heteroatoms. The van der Waals surface area contributed by atoms with Crippen LogP contribution in [0.1, 0.15) is 95.0 Å². The molecule has 0 aromatic heterocycles. The molecule has 3 aliphatic carbocycles. The molecule has 2 fully saturated rings. The number of allylic oxidation sites excluding steroid dienone is 1. The number of fused-ring (bicyclic) bond motifs is 2. The van der Waals surface area contributed by atoms with E-state index in [-0.39, 0.29) is 49.4 Å². The Kier molecular flexibility index (Phi) is 14.1. The monoisotopic (exact) mass is 790 g/mol. The molecule has 0 bridgehead atoms. The molecule has 310 valence electrons. The highest BCUT2D eigenvalue weighted by atomic mass is 16.7. The summed E-state index contributed by atoms with van der Waals surface area (Å²) in [6, 6.07) is 24.0. The maximum absolute atomic E-state index is 14.3. The van der Waals surface area contributed by atoms with Crippen molar-refractivity contribution in [3.8, 4) is 28.4 Å². The zero-order chi connectivity index (χ0) is 40.5. The number of amides is 1. The van der Waals surface area contributed by atoms with Crippen molar-refractivity contribution in [1.29, 1.82) is 0 Å². The summed E-state index contributed by atoms with van der Waals surface area (Å²) in [6.45, 7) is 4.54. The summed E-state index contributed by atoms with van der Waals surface area (Å²) in [4.78, 5) is 21.7. The van der Waals surface area contributed by atoms with Crippen molar-refractivity contribution in [2.45, 2.75) is 101 Å². The third kappa shape index (κ3) is 8.92. The van der Waals surface area contributed by atoms with Crippen LogP contribution in [0.2, 0.25) is 0 Å². The number of benzene rings is 3. The van der Waals surface area contributed by atoms with Gasteiger partial charge in [-0.25, -0.2) is 0 Å². The molecule has 0 spiro atoms. The van der Waals surface area contributed by atoms with Crippen LogP contribution in [0.5, 0.6) is 17.2 Å². The summed E-state index contributed by atoms with van der Waals surface area (Å²) in [5.41, 5.74) is 5.12. The van der Waals surface area contributed by atoms with Crippen molar-refractivity contribution in [2.75, 3.05) is 34.0 Å². The Morgan fingerprint density at radius 2 is 1.64 bits per heavy atom. The number of likely N-dealkylation sites (N-methyl/N-ethyl adjacent to an activating group) is 1. The Bertz CT molecular complexity index is 1890. The van der Waals surface area contributed by atoms with Crippen LogP contribution in [-0.4, -0.2) is 72.5 Å². The molecule has 0 saturated heterocycles. The van der Waals surface area contributed by atoms with Gasteiger partial charge in [0.1, 0.15) is 30.4 Å². The lowest BCUT2D eigenvalue weighted by atomic mass is 9.55. The maximum Gasteiger partial charge on any atom is 0.239 e. The van der Waals surface area contributed by atoms with Gasteiger partial charge in [0, 0.05) is 44.6 Å². The number of aliphatic hydroxyl groups excluding tert-OH is 2. The van der Waals surface area contributed by atoms with Crippen LogP contribution >= 0.6 is 0 Å². The van der Waals surface area contributed by atoms with E-state index in [0.29, 0.717) is 36.7 Å². The third-order valence-electron chi connectivity index (χ3n) is 13.1. The van der Waals surface area contributed by atoms with Gasteiger partial charge in [-0.15, -0.1) is 6.58 Å². The molecule has 1 amide bonds. The maximum atomic E-state index is 14.3. The van der Waals surface area contributed by atoms with Gasteiger partial charge in [0.25, 0.3) is 0 Å². The third-order valence-corrected chi connectivity index (χ3v) is 13.1. The second-order valence-electron chi connectivity index (χ2n) is 16.6. The van der Waals surface area contributed by atoms with Crippen molar-refractivity contribution in [3.05, 3.63) is 103 Å². The minimum Gasteiger partial charge on any atom is -0.459 e. The molecule has 2 saturated carbocycles. The van der Waals surface area contributed by atoms with Crippen molar-refractivity contribution >= 4 is 11.6 Å². The molecule has 0 radical (unpaired) electrons. The highest BCUT2D eigenvalue weighted by Crippen LogP contribution is 2.62. The molecule has 3 aromatic carbocycles. The number of oxime groups is 1. The summed E-state index contributed by atoms with van der Waals surface area (Å²) in [5.74, 6) is 1.41. The van der Waals surface area contributed by atoms with Crippen LogP contribution in [0, 0.1) is 23.7 Å². The molecule has 4 aliphatic rings. The van der Waals surface area contributed by atoms with E-state index in [1.807, 2.05) is 54.4 Å². The van der Waals surface area contributed by atoms with E-state index in [0.717, 1.165) is 72.2 Å². The first-order valence-electron chi connectivity index (χ1n) is 21.6. The van der Waals surface area contributed by atoms with Gasteiger partial charge >= 0.3 is 0 Å². The largest absolute Gasteiger partial charge is 0.459 e. The summed E-state index contributed by atoms with van der Waals surface area (Å²) < 4.78 is 20.9. The molecular weight excluding hydrogens is 729 g/mol. The first-order valence-corrected chi connectivity index (χ1v) is 21.6. The number of nitrogens with zero attached hydrogens (tertiary/aromatic N) is 2. The lowest BCUT2D eigenvalue weighted by Crippen LogP contribution is -2.69. The predicted octanol–water partition coefficient (Wildman–Crippen LogP) is 9.84. The van der Waals surface area contributed by atoms with Gasteiger partial charge in [-0.05, 0) is 96.9 Å².